The number of nitrogens with one attached hydrogen (secondary N) is 1. The van der Waals surface area contributed by atoms with Crippen LogP contribution in [0.15, 0.2) is 0 Å². The van der Waals surface area contributed by atoms with Gasteiger partial charge >= 0.3 is 0 Å². The van der Waals surface area contributed by atoms with Crippen molar-refractivity contribution in [2.24, 2.45) is 5.92 Å². The topological polar surface area (TPSA) is 24.5 Å². The molecule has 0 aromatic rings. The molecule has 2 atom stereocenters. The number of hydrogen-bond acceptors (Lipinski definition) is 3. The second kappa shape index (κ2) is 8.23. The Labute approximate surface area is 119 Å². The van der Waals surface area contributed by atoms with Gasteiger partial charge in [0.1, 0.15) is 0 Å². The van der Waals surface area contributed by atoms with E-state index in [2.05, 4.69) is 24.1 Å². The summed E-state index contributed by atoms with van der Waals surface area (Å²) in [5, 5.41) is 3.71. The highest BCUT2D eigenvalue weighted by molar-refractivity contribution is 4.80. The van der Waals surface area contributed by atoms with Gasteiger partial charge in [-0.05, 0) is 38.3 Å². The minimum atomic E-state index is 0.565. The molecule has 1 N–H and O–H groups in total. The quantitative estimate of drug-likeness (QED) is 0.801. The van der Waals surface area contributed by atoms with E-state index >= 15 is 0 Å². The molecule has 0 aromatic carbocycles. The molecule has 3 heteroatoms. The Morgan fingerprint density at radius 3 is 2.79 bits per heavy atom. The van der Waals surface area contributed by atoms with Crippen molar-refractivity contribution in [3.63, 3.8) is 0 Å². The number of rotatable bonds is 6. The third-order valence-corrected chi connectivity index (χ3v) is 4.91. The van der Waals surface area contributed by atoms with Crippen LogP contribution in [0.2, 0.25) is 0 Å². The molecule has 0 spiro atoms. The number of ether oxygens (including phenoxy) is 1. The summed E-state index contributed by atoms with van der Waals surface area (Å²) >= 11 is 0. The fraction of sp³-hybridized carbons (Fsp3) is 1.00. The largest absolute Gasteiger partial charge is 0.377 e. The lowest BCUT2D eigenvalue weighted by Gasteiger charge is -2.28. The molecule has 2 unspecified atom stereocenters. The Morgan fingerprint density at radius 2 is 2.05 bits per heavy atom. The van der Waals surface area contributed by atoms with Crippen LogP contribution >= 0.6 is 0 Å². The lowest BCUT2D eigenvalue weighted by atomic mass is 9.99. The zero-order valence-corrected chi connectivity index (χ0v) is 12.9. The SMILES string of the molecule is CCC(C)C1CN(CCOC2CCCC2)CCCN1. The molecule has 3 nitrogen and oxygen atoms in total. The van der Waals surface area contributed by atoms with E-state index in [1.807, 2.05) is 0 Å². The Morgan fingerprint density at radius 1 is 1.26 bits per heavy atom. The molecule has 0 amide bonds. The molecule has 0 aromatic heterocycles. The van der Waals surface area contributed by atoms with Crippen LogP contribution in [0.4, 0.5) is 0 Å². The van der Waals surface area contributed by atoms with Gasteiger partial charge in [0.05, 0.1) is 12.7 Å². The molecule has 2 aliphatic rings. The van der Waals surface area contributed by atoms with Crippen molar-refractivity contribution in [2.45, 2.75) is 64.5 Å². The van der Waals surface area contributed by atoms with Gasteiger partial charge in [-0.25, -0.2) is 0 Å². The predicted molar refractivity (Wildman–Crippen MR) is 80.5 cm³/mol. The molecule has 2 fully saturated rings. The lowest BCUT2D eigenvalue weighted by Crippen LogP contribution is -2.42. The van der Waals surface area contributed by atoms with Crippen LogP contribution in [0.1, 0.15) is 52.4 Å². The van der Waals surface area contributed by atoms with Crippen LogP contribution in [-0.4, -0.2) is 49.8 Å². The van der Waals surface area contributed by atoms with Gasteiger partial charge in [0.2, 0.25) is 0 Å². The van der Waals surface area contributed by atoms with Crippen LogP contribution in [0.25, 0.3) is 0 Å². The molecular weight excluding hydrogens is 236 g/mol. The molecule has 0 radical (unpaired) electrons. The first-order valence-electron chi connectivity index (χ1n) is 8.37. The minimum absolute atomic E-state index is 0.565. The van der Waals surface area contributed by atoms with E-state index in [1.165, 1.54) is 58.2 Å². The van der Waals surface area contributed by atoms with Gasteiger partial charge in [-0.2, -0.15) is 0 Å². The molecule has 1 aliphatic heterocycles. The van der Waals surface area contributed by atoms with Gasteiger partial charge < -0.3 is 10.1 Å². The van der Waals surface area contributed by atoms with E-state index in [0.717, 1.165) is 19.1 Å². The summed E-state index contributed by atoms with van der Waals surface area (Å²) < 4.78 is 6.01. The highest BCUT2D eigenvalue weighted by Crippen LogP contribution is 2.20. The fourth-order valence-corrected chi connectivity index (χ4v) is 3.30. The van der Waals surface area contributed by atoms with Crippen LogP contribution in [-0.2, 0) is 4.74 Å². The Hall–Kier alpha value is -0.120. The third-order valence-electron chi connectivity index (χ3n) is 4.91. The maximum atomic E-state index is 6.01. The molecule has 2 rings (SSSR count). The molecule has 19 heavy (non-hydrogen) atoms. The first-order chi connectivity index (χ1) is 9.29. The van der Waals surface area contributed by atoms with E-state index in [9.17, 15) is 0 Å². The second-order valence-electron chi connectivity index (χ2n) is 6.38. The molecule has 1 saturated heterocycles. The summed E-state index contributed by atoms with van der Waals surface area (Å²) in [6, 6.07) is 0.666. The number of nitrogens with zero attached hydrogens (tertiary/aromatic N) is 1. The van der Waals surface area contributed by atoms with Crippen LogP contribution in [0.5, 0.6) is 0 Å². The highest BCUT2D eigenvalue weighted by atomic mass is 16.5. The van der Waals surface area contributed by atoms with Gasteiger partial charge in [0.25, 0.3) is 0 Å². The average molecular weight is 268 g/mol. The molecule has 1 heterocycles. The summed E-state index contributed by atoms with van der Waals surface area (Å²) in [5.74, 6) is 0.774. The standard InChI is InChI=1S/C16H32N2O/c1-3-14(2)16-13-18(10-6-9-17-16)11-12-19-15-7-4-5-8-15/h14-17H,3-13H2,1-2H3. The van der Waals surface area contributed by atoms with E-state index in [-0.39, 0.29) is 0 Å². The van der Waals surface area contributed by atoms with Crippen molar-refractivity contribution >= 4 is 0 Å². The molecule has 0 bridgehead atoms. The van der Waals surface area contributed by atoms with Gasteiger partial charge in [-0.1, -0.05) is 33.1 Å². The van der Waals surface area contributed by atoms with E-state index in [0.29, 0.717) is 12.1 Å². The molecular formula is C16H32N2O. The van der Waals surface area contributed by atoms with Crippen molar-refractivity contribution in [2.75, 3.05) is 32.8 Å². The van der Waals surface area contributed by atoms with Crippen LogP contribution in [0, 0.1) is 5.92 Å². The Kier molecular flexibility index (Phi) is 6.62. The fourth-order valence-electron chi connectivity index (χ4n) is 3.30. The summed E-state index contributed by atoms with van der Waals surface area (Å²) in [6.45, 7) is 10.3. The van der Waals surface area contributed by atoms with E-state index in [1.54, 1.807) is 0 Å². The van der Waals surface area contributed by atoms with E-state index in [4.69, 9.17) is 4.74 Å². The summed E-state index contributed by atoms with van der Waals surface area (Å²) in [6.07, 6.45) is 8.42. The van der Waals surface area contributed by atoms with Gasteiger partial charge in [-0.3, -0.25) is 4.90 Å². The normalized spacial score (nSPS) is 28.4. The van der Waals surface area contributed by atoms with Crippen LogP contribution in [0.3, 0.4) is 0 Å². The van der Waals surface area contributed by atoms with Crippen molar-refractivity contribution in [1.82, 2.24) is 10.2 Å². The lowest BCUT2D eigenvalue weighted by molar-refractivity contribution is 0.0407. The summed E-state index contributed by atoms with van der Waals surface area (Å²) in [4.78, 5) is 2.60. The summed E-state index contributed by atoms with van der Waals surface area (Å²) in [7, 11) is 0. The first kappa shape index (κ1) is 15.3. The average Bonchev–Trinajstić information content (AvgIpc) is 2.82. The number of hydrogen-bond donors (Lipinski definition) is 1. The van der Waals surface area contributed by atoms with Crippen molar-refractivity contribution < 1.29 is 4.74 Å². The molecule has 1 saturated carbocycles. The molecule has 1 aliphatic carbocycles. The Bertz CT molecular complexity index is 241. The van der Waals surface area contributed by atoms with Crippen molar-refractivity contribution in [3.05, 3.63) is 0 Å². The maximum absolute atomic E-state index is 6.01. The smallest absolute Gasteiger partial charge is 0.0597 e. The van der Waals surface area contributed by atoms with Crippen molar-refractivity contribution in [1.29, 1.82) is 0 Å². The maximum Gasteiger partial charge on any atom is 0.0597 e. The first-order valence-corrected chi connectivity index (χ1v) is 8.37. The van der Waals surface area contributed by atoms with Crippen LogP contribution < -0.4 is 5.32 Å². The zero-order chi connectivity index (χ0) is 13.5. The highest BCUT2D eigenvalue weighted by Gasteiger charge is 2.22. The Balaban J connectivity index is 1.68. The van der Waals surface area contributed by atoms with Gasteiger partial charge in [0.15, 0.2) is 0 Å². The predicted octanol–water partition coefficient (Wildman–Crippen LogP) is 2.66. The van der Waals surface area contributed by atoms with E-state index < -0.39 is 0 Å². The van der Waals surface area contributed by atoms with Gasteiger partial charge in [0, 0.05) is 19.1 Å². The minimum Gasteiger partial charge on any atom is -0.377 e. The second-order valence-corrected chi connectivity index (χ2v) is 6.38. The third kappa shape index (κ3) is 5.05. The molecule has 112 valence electrons. The van der Waals surface area contributed by atoms with Crippen molar-refractivity contribution in [3.8, 4) is 0 Å². The zero-order valence-electron chi connectivity index (χ0n) is 12.9. The van der Waals surface area contributed by atoms with Gasteiger partial charge in [-0.15, -0.1) is 0 Å². The monoisotopic (exact) mass is 268 g/mol. The summed E-state index contributed by atoms with van der Waals surface area (Å²) in [5.41, 5.74) is 0.